The lowest BCUT2D eigenvalue weighted by Crippen LogP contribution is -2.21. The lowest BCUT2D eigenvalue weighted by molar-refractivity contribution is -0.154. The van der Waals surface area contributed by atoms with E-state index in [2.05, 4.69) is 39.7 Å². The molecule has 0 amide bonds. The Kier molecular flexibility index (Phi) is 11.4. The average Bonchev–Trinajstić information content (AvgIpc) is 2.31. The molecule has 0 spiro atoms. The molecule has 2 unspecified atom stereocenters. The topological polar surface area (TPSA) is 26.3 Å². The molecule has 0 aliphatic carbocycles. The molecule has 4 heteroatoms. The molecule has 0 bridgehead atoms. The highest BCUT2D eigenvalue weighted by Crippen LogP contribution is 2.19. The van der Waals surface area contributed by atoms with E-state index < -0.39 is 12.3 Å². The Hall–Kier alpha value is -0.380. The molecule has 0 aromatic carbocycles. The summed E-state index contributed by atoms with van der Waals surface area (Å²) in [6, 6.07) is 0. The molecular weight excluding hydrogens is 299 g/mol. The number of allylic oxidation sites excluding steroid dienone is 2. The molecule has 0 aromatic heterocycles. The number of hydrogen-bond acceptors (Lipinski definition) is 2. The van der Waals surface area contributed by atoms with Crippen molar-refractivity contribution in [2.75, 3.05) is 0 Å². The van der Waals surface area contributed by atoms with Crippen LogP contribution in [0.2, 0.25) is 0 Å². The summed E-state index contributed by atoms with van der Waals surface area (Å²) < 4.78 is 17.7. The van der Waals surface area contributed by atoms with E-state index in [0.29, 0.717) is 6.42 Å². The average molecular weight is 323 g/mol. The number of hydrogen-bond donors (Lipinski definition) is 0. The maximum absolute atomic E-state index is 13.3. The number of carbonyl (C=O) groups is 1. The molecule has 2 atom stereocenters. The molecule has 0 radical (unpaired) electrons. The fourth-order valence-electron chi connectivity index (χ4n) is 1.60. The van der Waals surface area contributed by atoms with Crippen molar-refractivity contribution in [1.29, 1.82) is 0 Å². The molecule has 18 heavy (non-hydrogen) atoms. The molecule has 0 saturated heterocycles. The van der Waals surface area contributed by atoms with Crippen LogP contribution in [0.5, 0.6) is 0 Å². The third kappa shape index (κ3) is 10.8. The summed E-state index contributed by atoms with van der Waals surface area (Å²) >= 11 is 3.21. The Balaban J connectivity index is 3.42. The summed E-state index contributed by atoms with van der Waals surface area (Å²) in [6.07, 6.45) is 10.2. The third-order valence-corrected chi connectivity index (χ3v) is 3.44. The van der Waals surface area contributed by atoms with Gasteiger partial charge in [0.05, 0.1) is 4.83 Å². The maximum atomic E-state index is 13.3. The van der Waals surface area contributed by atoms with Crippen molar-refractivity contribution < 1.29 is 13.9 Å². The Morgan fingerprint density at radius 1 is 1.28 bits per heavy atom. The molecule has 0 saturated carbocycles. The van der Waals surface area contributed by atoms with Gasteiger partial charge in [0.1, 0.15) is 0 Å². The molecule has 0 heterocycles. The summed E-state index contributed by atoms with van der Waals surface area (Å²) in [5.74, 6) is -0.574. The van der Waals surface area contributed by atoms with Crippen molar-refractivity contribution in [2.45, 2.75) is 70.0 Å². The lowest BCUT2D eigenvalue weighted by atomic mass is 10.1. The van der Waals surface area contributed by atoms with Gasteiger partial charge < -0.3 is 4.74 Å². The van der Waals surface area contributed by atoms with Gasteiger partial charge >= 0.3 is 5.97 Å². The van der Waals surface area contributed by atoms with Crippen LogP contribution in [0.1, 0.15) is 58.8 Å². The van der Waals surface area contributed by atoms with Crippen LogP contribution >= 0.6 is 15.9 Å². The number of halogens is 2. The largest absolute Gasteiger partial charge is 0.430 e. The first-order valence-electron chi connectivity index (χ1n) is 6.68. The van der Waals surface area contributed by atoms with Crippen LogP contribution in [0.3, 0.4) is 0 Å². The van der Waals surface area contributed by atoms with Crippen molar-refractivity contribution in [1.82, 2.24) is 0 Å². The van der Waals surface area contributed by atoms with Crippen molar-refractivity contribution in [3.63, 3.8) is 0 Å². The lowest BCUT2D eigenvalue weighted by Gasteiger charge is -2.14. The molecule has 106 valence electrons. The predicted molar refractivity (Wildman–Crippen MR) is 76.5 cm³/mol. The fraction of sp³-hybridized carbons (Fsp3) is 0.786. The Bertz CT molecular complexity index is 244. The Labute approximate surface area is 118 Å². The van der Waals surface area contributed by atoms with E-state index in [9.17, 15) is 9.18 Å². The number of esters is 1. The van der Waals surface area contributed by atoms with Gasteiger partial charge in [0.2, 0.25) is 0 Å². The summed E-state index contributed by atoms with van der Waals surface area (Å²) in [5, 5.41) is 0. The van der Waals surface area contributed by atoms with Crippen LogP contribution in [-0.4, -0.2) is 17.2 Å². The number of alkyl halides is 2. The normalized spacial score (nSPS) is 14.7. The number of rotatable bonds is 10. The monoisotopic (exact) mass is 322 g/mol. The summed E-state index contributed by atoms with van der Waals surface area (Å²) in [6.45, 7) is 3.35. The first kappa shape index (κ1) is 17.6. The Morgan fingerprint density at radius 3 is 2.56 bits per heavy atom. The Morgan fingerprint density at radius 2 is 1.94 bits per heavy atom. The molecule has 0 aliphatic rings. The van der Waals surface area contributed by atoms with Crippen molar-refractivity contribution >= 4 is 21.9 Å². The van der Waals surface area contributed by atoms with Gasteiger partial charge in [0.15, 0.2) is 0 Å². The van der Waals surface area contributed by atoms with Crippen LogP contribution in [-0.2, 0) is 9.53 Å². The maximum Gasteiger partial charge on any atom is 0.305 e. The number of unbranched alkanes of at least 4 members (excludes halogenated alkanes) is 4. The minimum absolute atomic E-state index is 0.388. The highest BCUT2D eigenvalue weighted by atomic mass is 79.9. The standard InChI is InChI=1S/C14H24BrFO2/c1-3-4-5-6-7-8-9-10-11-13(15)14(16)18-12(2)17/h4-5,13-14H,3,6-11H2,1-2H3/b5-4-. The van der Waals surface area contributed by atoms with Gasteiger partial charge in [-0.2, -0.15) is 0 Å². The van der Waals surface area contributed by atoms with E-state index in [1.165, 1.54) is 13.3 Å². The summed E-state index contributed by atoms with van der Waals surface area (Å²) in [4.78, 5) is 10.2. The highest BCUT2D eigenvalue weighted by Gasteiger charge is 2.19. The van der Waals surface area contributed by atoms with Gasteiger partial charge in [-0.1, -0.05) is 54.3 Å². The fourth-order valence-corrected chi connectivity index (χ4v) is 2.03. The molecule has 2 nitrogen and oxygen atoms in total. The second-order valence-corrected chi connectivity index (χ2v) is 5.52. The van der Waals surface area contributed by atoms with E-state index >= 15 is 0 Å². The van der Waals surface area contributed by atoms with Gasteiger partial charge in [-0.15, -0.1) is 0 Å². The first-order valence-corrected chi connectivity index (χ1v) is 7.59. The second-order valence-electron chi connectivity index (χ2n) is 4.35. The first-order chi connectivity index (χ1) is 8.57. The minimum Gasteiger partial charge on any atom is -0.430 e. The molecule has 0 fully saturated rings. The van der Waals surface area contributed by atoms with Crippen molar-refractivity contribution in [3.8, 4) is 0 Å². The van der Waals surface area contributed by atoms with Crippen LogP contribution in [0, 0.1) is 0 Å². The van der Waals surface area contributed by atoms with Crippen LogP contribution in [0.4, 0.5) is 4.39 Å². The molecular formula is C14H24BrFO2. The van der Waals surface area contributed by atoms with Gasteiger partial charge in [-0.3, -0.25) is 4.79 Å². The van der Waals surface area contributed by atoms with E-state index in [1.54, 1.807) is 0 Å². The SMILES string of the molecule is CC/C=C\CCCCCCC(Br)C(F)OC(C)=O. The quantitative estimate of drug-likeness (QED) is 0.247. The summed E-state index contributed by atoms with van der Waals surface area (Å²) in [5.41, 5.74) is 0. The molecule has 0 aromatic rings. The van der Waals surface area contributed by atoms with Gasteiger partial charge in [0.25, 0.3) is 6.36 Å². The van der Waals surface area contributed by atoms with Crippen LogP contribution < -0.4 is 0 Å². The van der Waals surface area contributed by atoms with Crippen molar-refractivity contribution in [3.05, 3.63) is 12.2 Å². The molecule has 0 N–H and O–H groups in total. The molecule has 0 aliphatic heterocycles. The number of ether oxygens (including phenoxy) is 1. The second kappa shape index (κ2) is 11.7. The van der Waals surface area contributed by atoms with Crippen LogP contribution in [0.15, 0.2) is 12.2 Å². The van der Waals surface area contributed by atoms with Gasteiger partial charge in [-0.05, 0) is 25.7 Å². The van der Waals surface area contributed by atoms with E-state index in [4.69, 9.17) is 0 Å². The predicted octanol–water partition coefficient (Wildman–Crippen LogP) is 4.92. The highest BCUT2D eigenvalue weighted by molar-refractivity contribution is 9.09. The van der Waals surface area contributed by atoms with E-state index in [-0.39, 0.29) is 4.83 Å². The minimum atomic E-state index is -1.53. The summed E-state index contributed by atoms with van der Waals surface area (Å²) in [7, 11) is 0. The van der Waals surface area contributed by atoms with Crippen LogP contribution in [0.25, 0.3) is 0 Å². The van der Waals surface area contributed by atoms with Gasteiger partial charge in [-0.25, -0.2) is 4.39 Å². The molecule has 0 rings (SSSR count). The zero-order valence-electron chi connectivity index (χ0n) is 11.3. The third-order valence-electron chi connectivity index (χ3n) is 2.57. The van der Waals surface area contributed by atoms with E-state index in [1.807, 2.05) is 0 Å². The van der Waals surface area contributed by atoms with E-state index in [0.717, 1.165) is 32.1 Å². The van der Waals surface area contributed by atoms with Crippen molar-refractivity contribution in [2.24, 2.45) is 0 Å². The smallest absolute Gasteiger partial charge is 0.305 e. The zero-order chi connectivity index (χ0) is 13.8. The number of carbonyl (C=O) groups excluding carboxylic acids is 1. The van der Waals surface area contributed by atoms with Gasteiger partial charge in [0, 0.05) is 6.92 Å². The zero-order valence-corrected chi connectivity index (χ0v) is 12.9.